The lowest BCUT2D eigenvalue weighted by atomic mass is 10.2. The number of aryl methyl sites for hydroxylation is 1. The molecule has 0 unspecified atom stereocenters. The standard InChI is InChI=1S/C9H11N3O3S.C5H11N3.C3H7N3.C2H5BrO.3C2H4FN3.2FH/c1-8-2-4-9(5-3-8)16(13,14)15-7-6-11-12-10;1-2-3-4-5-7-8-6;1-2-3-5-6-4;3-1-2-4;3*3-1-2-5-6-4;;/h2-5H,6-7H2,1H3;2-5H2,1H3;2-3H2,1H3;4H,1-2H2;3*1-2H2;2*1H/p-2/i;;;;3*3-1;2*1-1. The fraction of sp³-hybridized carbons (Fsp3) is 0.760. The molecule has 1 aromatic carbocycles. The van der Waals surface area contributed by atoms with Gasteiger partial charge in [-0.2, -0.15) is 8.42 Å². The number of hydrogen-bond donors (Lipinski definition) is 1. The monoisotopic (exact) mass is 863 g/mol. The van der Waals surface area contributed by atoms with Gasteiger partial charge in [-0.15, -0.1) is 0 Å². The Kier molecular flexibility index (Phi) is 82.6. The molecule has 1 N–H and O–H groups in total. The van der Waals surface area contributed by atoms with Crippen LogP contribution < -0.4 is 9.41 Å². The largest absolute Gasteiger partial charge is 1.00 e. The highest BCUT2D eigenvalue weighted by molar-refractivity contribution is 9.09. The lowest BCUT2D eigenvalue weighted by Gasteiger charge is -2.04. The van der Waals surface area contributed by atoms with E-state index >= 15 is 0 Å². The molecule has 0 radical (unpaired) electrons. The minimum atomic E-state index is -3.74. The van der Waals surface area contributed by atoms with E-state index in [4.69, 9.17) is 38.3 Å². The summed E-state index contributed by atoms with van der Waals surface area (Å²) < 4.78 is 60.5. The molecule has 0 fully saturated rings. The highest BCUT2D eigenvalue weighted by Gasteiger charge is 2.13. The summed E-state index contributed by atoms with van der Waals surface area (Å²) in [5.74, 6) is 0. The second kappa shape index (κ2) is 66.3. The van der Waals surface area contributed by atoms with Crippen LogP contribution in [0.3, 0.4) is 0 Å². The third-order valence-corrected chi connectivity index (χ3v) is 5.62. The predicted molar refractivity (Wildman–Crippen MR) is 197 cm³/mol. The Balaban J connectivity index is -0.0000000805. The van der Waals surface area contributed by atoms with Gasteiger partial charge in [0, 0.05) is 47.9 Å². The summed E-state index contributed by atoms with van der Waals surface area (Å²) in [5.41, 5.74) is 46.9. The molecule has 0 aliphatic rings. The third kappa shape index (κ3) is 76.8. The van der Waals surface area contributed by atoms with Crippen molar-refractivity contribution in [1.82, 2.24) is 0 Å². The van der Waals surface area contributed by atoms with E-state index in [0.717, 1.165) is 18.4 Å². The van der Waals surface area contributed by atoms with Gasteiger partial charge in [-0.05, 0) is 58.7 Å². The van der Waals surface area contributed by atoms with E-state index in [1.165, 1.54) is 25.0 Å². The molecule has 0 aromatic heterocycles. The van der Waals surface area contributed by atoms with Crippen LogP contribution in [0.4, 0.5) is 13.2 Å². The molecule has 310 valence electrons. The second-order valence-electron chi connectivity index (χ2n) is 8.00. The Morgan fingerprint density at radius 2 is 1.00 bits per heavy atom. The maximum Gasteiger partial charge on any atom is 0.296 e. The van der Waals surface area contributed by atoms with Crippen molar-refractivity contribution in [2.75, 3.05) is 77.8 Å². The number of azide groups is 6. The topological polar surface area (TPSA) is 356 Å². The molecule has 0 saturated heterocycles. The first-order valence-electron chi connectivity index (χ1n) is 14.9. The van der Waals surface area contributed by atoms with Crippen molar-refractivity contribution < 1.29 is 40.3 Å². The minimum absolute atomic E-state index is 0. The van der Waals surface area contributed by atoms with Crippen molar-refractivity contribution >= 4 is 26.0 Å². The van der Waals surface area contributed by atoms with Crippen LogP contribution in [0.15, 0.2) is 59.8 Å². The molecule has 0 heterocycles. The first-order chi connectivity index (χ1) is 25.0. The first kappa shape index (κ1) is 67.2. The van der Waals surface area contributed by atoms with Gasteiger partial charge in [-0.3, -0.25) is 17.4 Å². The number of unbranched alkanes of at least 4 members (excludes halogenated alkanes) is 2. The van der Waals surface area contributed by atoms with E-state index in [-0.39, 0.29) is 53.7 Å². The van der Waals surface area contributed by atoms with Gasteiger partial charge >= 0.3 is 0 Å². The summed E-state index contributed by atoms with van der Waals surface area (Å²) in [6, 6.07) is 6.31. The van der Waals surface area contributed by atoms with E-state index < -0.39 is 30.1 Å². The van der Waals surface area contributed by atoms with Gasteiger partial charge in [0.25, 0.3) is 10.1 Å². The minimum Gasteiger partial charge on any atom is -1.00 e. The van der Waals surface area contributed by atoms with Gasteiger partial charge in [-0.25, -0.2) is 0 Å². The molecule has 22 nitrogen and oxygen atoms in total. The zero-order valence-electron chi connectivity index (χ0n) is 30.0. The summed E-state index contributed by atoms with van der Waals surface area (Å²) in [6.07, 6.45) is 4.31. The highest BCUT2D eigenvalue weighted by atomic mass is 79.9. The summed E-state index contributed by atoms with van der Waals surface area (Å²) in [7, 11) is -3.74. The smallest absolute Gasteiger partial charge is 0.296 e. The summed E-state index contributed by atoms with van der Waals surface area (Å²) in [5, 5.41) is 27.0. The fourth-order valence-electron chi connectivity index (χ4n) is 1.88. The number of hydrogen-bond acceptors (Lipinski definition) is 10. The Hall–Kier alpha value is -4.92. The molecule has 0 bridgehead atoms. The van der Waals surface area contributed by atoms with Crippen LogP contribution >= 0.6 is 15.9 Å². The van der Waals surface area contributed by atoms with Crippen LogP contribution in [-0.2, 0) is 14.3 Å². The SMILES string of the molecule is CCCCCN=[N+]=[N-].CCCN=[N+]=[N-].Cc1ccc(S(=O)(=O)OCCN=[N+]=[N-])cc1.OCCBr.[18F-].[18F-].[N-]=[N+]=NCC[18F].[N-]=[N+]=NCC[18F].[N-]=[N+]=NCC[18F]. The van der Waals surface area contributed by atoms with Gasteiger partial charge in [0.15, 0.2) is 0 Å². The number of aliphatic hydroxyl groups excluding tert-OH is 1. The molecular weight excluding hydrogens is 818 g/mol. The van der Waals surface area contributed by atoms with Crippen molar-refractivity contribution in [3.05, 3.63) is 92.5 Å². The summed E-state index contributed by atoms with van der Waals surface area (Å²) in [6.45, 7) is 5.47. The van der Waals surface area contributed by atoms with Crippen molar-refractivity contribution in [3.8, 4) is 0 Å². The quantitative estimate of drug-likeness (QED) is 0.0427. The van der Waals surface area contributed by atoms with Crippen LogP contribution in [0.1, 0.15) is 45.1 Å². The average Bonchev–Trinajstić information content (AvgIpc) is 3.16. The maximum absolute atomic E-state index is 11.5. The molecule has 54 heavy (non-hydrogen) atoms. The van der Waals surface area contributed by atoms with Gasteiger partial charge in [0.05, 0.1) is 64.3 Å². The van der Waals surface area contributed by atoms with Gasteiger partial charge in [0.2, 0.25) is 0 Å². The van der Waals surface area contributed by atoms with Gasteiger partial charge in [-0.1, -0.05) is 97.4 Å². The zero-order chi connectivity index (χ0) is 41.0. The van der Waals surface area contributed by atoms with Crippen molar-refractivity contribution in [3.63, 3.8) is 0 Å². The van der Waals surface area contributed by atoms with Crippen LogP contribution in [0.5, 0.6) is 0 Å². The number of nitrogens with zero attached hydrogens (tertiary/aromatic N) is 18. The van der Waals surface area contributed by atoms with E-state index in [2.05, 4.69) is 87.2 Å². The first-order valence-corrected chi connectivity index (χ1v) is 17.4. The van der Waals surface area contributed by atoms with Crippen molar-refractivity contribution in [2.24, 2.45) is 30.7 Å². The van der Waals surface area contributed by atoms with E-state index in [0.29, 0.717) is 18.4 Å². The maximum atomic E-state index is 11.5. The molecule has 1 aromatic rings. The molecule has 1 rings (SSSR count). The molecule has 0 aliphatic carbocycles. The number of benzene rings is 1. The average molecular weight is 865 g/mol. The Bertz CT molecular complexity index is 1260. The lowest BCUT2D eigenvalue weighted by Crippen LogP contribution is -3.00. The number of aliphatic hydroxyl groups is 1. The highest BCUT2D eigenvalue weighted by Crippen LogP contribution is 2.12. The number of halogens is 6. The normalized spacial score (nSPS) is 8.00. The third-order valence-electron chi connectivity index (χ3n) is 3.94. The summed E-state index contributed by atoms with van der Waals surface area (Å²) >= 11 is 3.00. The lowest BCUT2D eigenvalue weighted by molar-refractivity contribution is -0.00100. The van der Waals surface area contributed by atoms with E-state index in [9.17, 15) is 21.6 Å². The molecule has 0 aliphatic heterocycles. The molecule has 0 atom stereocenters. The van der Waals surface area contributed by atoms with Crippen LogP contribution in [0.25, 0.3) is 62.7 Å². The molecule has 0 spiro atoms. The number of rotatable bonds is 18. The molecule has 0 saturated carbocycles. The van der Waals surface area contributed by atoms with Crippen LogP contribution in [0, 0.1) is 6.92 Å². The van der Waals surface area contributed by atoms with Crippen molar-refractivity contribution in [2.45, 2.75) is 51.3 Å². The Morgan fingerprint density at radius 3 is 1.28 bits per heavy atom. The van der Waals surface area contributed by atoms with E-state index in [1.54, 1.807) is 12.1 Å². The molecular formula is C25H46BrF5N18O4S-2. The zero-order valence-corrected chi connectivity index (χ0v) is 32.4. The van der Waals surface area contributed by atoms with Crippen molar-refractivity contribution in [1.29, 1.82) is 0 Å². The predicted octanol–water partition coefficient (Wildman–Crippen LogP) is 4.38. The van der Waals surface area contributed by atoms with Crippen LogP contribution in [0.2, 0.25) is 0 Å². The molecule has 0 amide bonds. The summed E-state index contributed by atoms with van der Waals surface area (Å²) in [4.78, 5) is 14.7. The molecule has 29 heteroatoms. The fourth-order valence-corrected chi connectivity index (χ4v) is 2.77. The van der Waals surface area contributed by atoms with E-state index in [1.807, 2.05) is 13.8 Å². The Morgan fingerprint density at radius 1 is 0.648 bits per heavy atom. The van der Waals surface area contributed by atoms with Gasteiger partial charge in [0.1, 0.15) is 0 Å². The van der Waals surface area contributed by atoms with Crippen LogP contribution in [-0.4, -0.2) is 91.4 Å². The van der Waals surface area contributed by atoms with Gasteiger partial charge < -0.3 is 14.5 Å². The second-order valence-corrected chi connectivity index (χ2v) is 10.4. The Labute approximate surface area is 318 Å². The number of alkyl halides is 4.